The number of methoxy groups -OCH3 is 1. The van der Waals surface area contributed by atoms with E-state index in [2.05, 4.69) is 35.3 Å². The van der Waals surface area contributed by atoms with E-state index in [1.807, 2.05) is 32.3 Å². The van der Waals surface area contributed by atoms with Gasteiger partial charge in [-0.3, -0.25) is 4.68 Å². The predicted octanol–water partition coefficient (Wildman–Crippen LogP) is 2.63. The third-order valence-corrected chi connectivity index (χ3v) is 4.39. The third-order valence-electron chi connectivity index (χ3n) is 4.39. The van der Waals surface area contributed by atoms with Gasteiger partial charge in [0.05, 0.1) is 30.8 Å². The van der Waals surface area contributed by atoms with Crippen molar-refractivity contribution in [3.8, 4) is 28.4 Å². The Bertz CT molecular complexity index is 1170. The van der Waals surface area contributed by atoms with Gasteiger partial charge in [0.25, 0.3) is 0 Å². The zero-order chi connectivity index (χ0) is 21.1. The van der Waals surface area contributed by atoms with Gasteiger partial charge in [-0.2, -0.15) is 15.1 Å². The summed E-state index contributed by atoms with van der Waals surface area (Å²) in [6.45, 7) is 1.96. The van der Waals surface area contributed by atoms with E-state index in [4.69, 9.17) is 10.5 Å². The van der Waals surface area contributed by atoms with E-state index in [9.17, 15) is 0 Å². The first-order valence-corrected chi connectivity index (χ1v) is 9.32. The first-order valence-electron chi connectivity index (χ1n) is 9.32. The molecular weight excluding hydrogens is 382 g/mol. The van der Waals surface area contributed by atoms with Crippen LogP contribution in [0.15, 0.2) is 43.0 Å². The van der Waals surface area contributed by atoms with Crippen LogP contribution in [0.3, 0.4) is 0 Å². The number of pyridine rings is 2. The van der Waals surface area contributed by atoms with Crippen molar-refractivity contribution >= 4 is 17.5 Å². The molecule has 0 saturated heterocycles. The molecule has 10 heteroatoms. The number of nitrogen functional groups attached to an aromatic ring is 1. The van der Waals surface area contributed by atoms with Crippen LogP contribution >= 0.6 is 0 Å². The molecule has 152 valence electrons. The van der Waals surface area contributed by atoms with E-state index in [1.165, 1.54) is 0 Å². The van der Waals surface area contributed by atoms with Gasteiger partial charge in [0.1, 0.15) is 11.6 Å². The van der Waals surface area contributed by atoms with Crippen molar-refractivity contribution in [3.05, 3.63) is 48.8 Å². The molecule has 4 heterocycles. The number of rotatable bonds is 6. The van der Waals surface area contributed by atoms with E-state index in [1.54, 1.807) is 36.4 Å². The Morgan fingerprint density at radius 3 is 2.60 bits per heavy atom. The SMILES string of the molecule is CCc1nc(N)nc(-c2cc(-c3cnn(C)c3)cnc2Nc2ccc(OC)nc2)n1. The number of nitrogens with two attached hydrogens (primary N) is 1. The van der Waals surface area contributed by atoms with Crippen LogP contribution in [0, 0.1) is 0 Å². The van der Waals surface area contributed by atoms with Crippen molar-refractivity contribution in [2.45, 2.75) is 13.3 Å². The Hall–Kier alpha value is -4.08. The fourth-order valence-electron chi connectivity index (χ4n) is 2.89. The second kappa shape index (κ2) is 8.11. The average Bonchev–Trinajstić information content (AvgIpc) is 3.20. The molecule has 4 aromatic rings. The van der Waals surface area contributed by atoms with Crippen LogP contribution in [0.25, 0.3) is 22.5 Å². The Morgan fingerprint density at radius 1 is 1.07 bits per heavy atom. The molecule has 30 heavy (non-hydrogen) atoms. The van der Waals surface area contributed by atoms with Crippen LogP contribution in [0.5, 0.6) is 5.88 Å². The molecular formula is C20H21N9O. The summed E-state index contributed by atoms with van der Waals surface area (Å²) in [5.74, 6) is 2.32. The molecule has 0 atom stereocenters. The number of aryl methyl sites for hydroxylation is 2. The van der Waals surface area contributed by atoms with Gasteiger partial charge in [0.15, 0.2) is 5.82 Å². The van der Waals surface area contributed by atoms with E-state index in [0.717, 1.165) is 16.8 Å². The summed E-state index contributed by atoms with van der Waals surface area (Å²) >= 11 is 0. The Balaban J connectivity index is 1.81. The molecule has 4 aromatic heterocycles. The summed E-state index contributed by atoms with van der Waals surface area (Å²) in [6.07, 6.45) is 7.77. The fraction of sp³-hybridized carbons (Fsp3) is 0.200. The standard InChI is InChI=1S/C20H21N9O/c1-4-16-26-19(28-20(21)27-16)15-7-12(13-9-24-29(2)11-13)8-23-18(15)25-14-5-6-17(30-3)22-10-14/h5-11H,4H2,1-3H3,(H,23,25)(H2,21,26,27,28). The summed E-state index contributed by atoms with van der Waals surface area (Å²) in [6, 6.07) is 5.57. The van der Waals surface area contributed by atoms with Gasteiger partial charge in [0.2, 0.25) is 11.8 Å². The minimum absolute atomic E-state index is 0.167. The molecule has 4 rings (SSSR count). The smallest absolute Gasteiger partial charge is 0.223 e. The number of ether oxygens (including phenoxy) is 1. The molecule has 0 bridgehead atoms. The molecule has 0 spiro atoms. The van der Waals surface area contributed by atoms with Gasteiger partial charge in [-0.1, -0.05) is 6.92 Å². The number of hydrogen-bond donors (Lipinski definition) is 2. The van der Waals surface area contributed by atoms with Gasteiger partial charge < -0.3 is 15.8 Å². The van der Waals surface area contributed by atoms with Gasteiger partial charge >= 0.3 is 0 Å². The quantitative estimate of drug-likeness (QED) is 0.499. The molecule has 0 aliphatic rings. The Kier molecular flexibility index (Phi) is 5.21. The van der Waals surface area contributed by atoms with Gasteiger partial charge in [-0.25, -0.2) is 15.0 Å². The van der Waals surface area contributed by atoms with E-state index in [-0.39, 0.29) is 5.95 Å². The largest absolute Gasteiger partial charge is 0.481 e. The van der Waals surface area contributed by atoms with Crippen LogP contribution in [-0.4, -0.2) is 41.8 Å². The average molecular weight is 403 g/mol. The molecule has 3 N–H and O–H groups in total. The molecule has 0 amide bonds. The van der Waals surface area contributed by atoms with Crippen molar-refractivity contribution in [1.82, 2.24) is 34.7 Å². The Labute approximate surface area is 173 Å². The molecule has 0 fully saturated rings. The molecule has 0 saturated carbocycles. The summed E-state index contributed by atoms with van der Waals surface area (Å²) in [7, 11) is 3.44. The molecule has 10 nitrogen and oxygen atoms in total. The highest BCUT2D eigenvalue weighted by molar-refractivity contribution is 5.79. The van der Waals surface area contributed by atoms with Crippen molar-refractivity contribution in [2.24, 2.45) is 7.05 Å². The fourth-order valence-corrected chi connectivity index (χ4v) is 2.89. The molecule has 0 aliphatic carbocycles. The first-order chi connectivity index (χ1) is 14.6. The van der Waals surface area contributed by atoms with E-state index in [0.29, 0.717) is 35.3 Å². The zero-order valence-electron chi connectivity index (χ0n) is 16.9. The van der Waals surface area contributed by atoms with Crippen LogP contribution in [-0.2, 0) is 13.5 Å². The topological polar surface area (TPSA) is 130 Å². The third kappa shape index (κ3) is 4.02. The van der Waals surface area contributed by atoms with Gasteiger partial charge in [-0.05, 0) is 12.1 Å². The molecule has 0 unspecified atom stereocenters. The summed E-state index contributed by atoms with van der Waals surface area (Å²) in [4.78, 5) is 21.9. The van der Waals surface area contributed by atoms with Gasteiger partial charge in [0, 0.05) is 43.1 Å². The Morgan fingerprint density at radius 2 is 1.93 bits per heavy atom. The van der Waals surface area contributed by atoms with Crippen LogP contribution in [0.1, 0.15) is 12.7 Å². The van der Waals surface area contributed by atoms with Crippen molar-refractivity contribution in [1.29, 1.82) is 0 Å². The van der Waals surface area contributed by atoms with Crippen LogP contribution < -0.4 is 15.8 Å². The number of nitrogens with one attached hydrogen (secondary N) is 1. The molecule has 0 radical (unpaired) electrons. The summed E-state index contributed by atoms with van der Waals surface area (Å²) in [5.41, 5.74) is 9.17. The maximum Gasteiger partial charge on any atom is 0.223 e. The highest BCUT2D eigenvalue weighted by Crippen LogP contribution is 2.31. The number of nitrogens with zero attached hydrogens (tertiary/aromatic N) is 7. The lowest BCUT2D eigenvalue weighted by Crippen LogP contribution is -2.06. The highest BCUT2D eigenvalue weighted by Gasteiger charge is 2.15. The summed E-state index contributed by atoms with van der Waals surface area (Å²) < 4.78 is 6.85. The van der Waals surface area contributed by atoms with Crippen molar-refractivity contribution in [2.75, 3.05) is 18.2 Å². The van der Waals surface area contributed by atoms with E-state index >= 15 is 0 Å². The predicted molar refractivity (Wildman–Crippen MR) is 113 cm³/mol. The molecule has 0 aromatic carbocycles. The van der Waals surface area contributed by atoms with Crippen molar-refractivity contribution in [3.63, 3.8) is 0 Å². The minimum Gasteiger partial charge on any atom is -0.481 e. The lowest BCUT2D eigenvalue weighted by atomic mass is 10.1. The second-order valence-corrected chi connectivity index (χ2v) is 6.52. The number of aromatic nitrogens is 7. The zero-order valence-corrected chi connectivity index (χ0v) is 16.9. The number of anilines is 3. The van der Waals surface area contributed by atoms with Crippen LogP contribution in [0.4, 0.5) is 17.5 Å². The minimum atomic E-state index is 0.167. The summed E-state index contributed by atoms with van der Waals surface area (Å²) in [5, 5.41) is 7.51. The monoisotopic (exact) mass is 403 g/mol. The molecule has 0 aliphatic heterocycles. The highest BCUT2D eigenvalue weighted by atomic mass is 16.5. The van der Waals surface area contributed by atoms with Crippen LogP contribution in [0.2, 0.25) is 0 Å². The number of hydrogen-bond acceptors (Lipinski definition) is 9. The second-order valence-electron chi connectivity index (χ2n) is 6.52. The van der Waals surface area contributed by atoms with E-state index < -0.39 is 0 Å². The van der Waals surface area contributed by atoms with Gasteiger partial charge in [-0.15, -0.1) is 0 Å². The lowest BCUT2D eigenvalue weighted by Gasteiger charge is -2.12. The lowest BCUT2D eigenvalue weighted by molar-refractivity contribution is 0.398. The maximum absolute atomic E-state index is 5.92. The first kappa shape index (κ1) is 19.2. The van der Waals surface area contributed by atoms with Crippen molar-refractivity contribution < 1.29 is 4.74 Å². The normalized spacial score (nSPS) is 10.8. The maximum atomic E-state index is 5.92.